The lowest BCUT2D eigenvalue weighted by Gasteiger charge is -2.23. The van der Waals surface area contributed by atoms with E-state index in [0.717, 1.165) is 0 Å². The maximum Gasteiger partial charge on any atom is 0.335 e. The first-order valence-electron chi connectivity index (χ1n) is 10.7. The van der Waals surface area contributed by atoms with Gasteiger partial charge in [0.25, 0.3) is 5.91 Å². The van der Waals surface area contributed by atoms with E-state index in [1.54, 1.807) is 18.5 Å². The van der Waals surface area contributed by atoms with E-state index in [-0.39, 0.29) is 28.4 Å². The highest BCUT2D eigenvalue weighted by molar-refractivity contribution is 6.04. The maximum absolute atomic E-state index is 13.5. The van der Waals surface area contributed by atoms with Crippen molar-refractivity contribution in [3.05, 3.63) is 72.1 Å². The molecule has 2 aromatic heterocycles. The van der Waals surface area contributed by atoms with E-state index in [0.29, 0.717) is 28.5 Å². The summed E-state index contributed by atoms with van der Waals surface area (Å²) in [6.45, 7) is 6.03. The Morgan fingerprint density at radius 1 is 1.11 bits per heavy atom. The summed E-state index contributed by atoms with van der Waals surface area (Å²) in [5, 5.41) is 11.9. The van der Waals surface area contributed by atoms with Crippen LogP contribution in [0.25, 0.3) is 22.8 Å². The van der Waals surface area contributed by atoms with Crippen LogP contribution < -0.4 is 10.1 Å². The predicted octanol–water partition coefficient (Wildman–Crippen LogP) is 4.79. The van der Waals surface area contributed by atoms with Crippen molar-refractivity contribution >= 4 is 17.6 Å². The van der Waals surface area contributed by atoms with Gasteiger partial charge in [0.1, 0.15) is 23.0 Å². The molecule has 0 bridgehead atoms. The molecule has 0 radical (unpaired) electrons. The number of amides is 1. The third-order valence-electron chi connectivity index (χ3n) is 5.35. The second-order valence-corrected chi connectivity index (χ2v) is 8.81. The molecule has 0 aliphatic heterocycles. The molecule has 10 heteroatoms. The lowest BCUT2D eigenvalue weighted by Crippen LogP contribution is -2.22. The molecule has 4 rings (SSSR count). The van der Waals surface area contributed by atoms with Gasteiger partial charge in [0.05, 0.1) is 36.6 Å². The summed E-state index contributed by atoms with van der Waals surface area (Å²) in [7, 11) is 1.38. The number of aromatic nitrogens is 4. The van der Waals surface area contributed by atoms with Crippen LogP contribution >= 0.6 is 0 Å². The molecule has 0 spiro atoms. The molecule has 35 heavy (non-hydrogen) atoms. The van der Waals surface area contributed by atoms with Crippen molar-refractivity contribution in [2.45, 2.75) is 26.3 Å². The number of hydrogen-bond donors (Lipinski definition) is 3. The van der Waals surface area contributed by atoms with Crippen LogP contribution in [0.2, 0.25) is 0 Å². The van der Waals surface area contributed by atoms with Crippen molar-refractivity contribution in [2.75, 3.05) is 12.4 Å². The first kappa shape index (κ1) is 23.7. The molecule has 0 atom stereocenters. The van der Waals surface area contributed by atoms with Gasteiger partial charge in [-0.2, -0.15) is 0 Å². The normalized spacial score (nSPS) is 11.3. The van der Waals surface area contributed by atoms with Crippen molar-refractivity contribution in [2.24, 2.45) is 0 Å². The van der Waals surface area contributed by atoms with Crippen molar-refractivity contribution in [3.63, 3.8) is 0 Å². The molecule has 0 aliphatic carbocycles. The van der Waals surface area contributed by atoms with Crippen molar-refractivity contribution in [1.29, 1.82) is 0 Å². The van der Waals surface area contributed by atoms with Gasteiger partial charge in [0.2, 0.25) is 0 Å². The molecular weight excluding hydrogens is 453 g/mol. The molecule has 4 aromatic rings. The number of halogens is 1. The van der Waals surface area contributed by atoms with Gasteiger partial charge in [-0.1, -0.05) is 0 Å². The first-order chi connectivity index (χ1) is 16.6. The van der Waals surface area contributed by atoms with Crippen LogP contribution in [0.1, 0.15) is 41.6 Å². The molecule has 0 saturated carbocycles. The van der Waals surface area contributed by atoms with Gasteiger partial charge in [-0.3, -0.25) is 4.79 Å². The monoisotopic (exact) mass is 477 g/mol. The fourth-order valence-corrected chi connectivity index (χ4v) is 3.58. The standard InChI is InChI=1S/C25H24FN5O4/c1-25(2,3)31-13-28-20(14-5-8-16(26)9-6-14)21(31)22-27-12-18(29-22)23(32)30-17-10-7-15(24(33)34)11-19(17)35-4/h5-13H,1-4H3,(H,27,29)(H,30,32)(H,33,34). The Bertz CT molecular complexity index is 1400. The lowest BCUT2D eigenvalue weighted by molar-refractivity contribution is 0.0696. The Kier molecular flexibility index (Phi) is 6.12. The second kappa shape index (κ2) is 9.05. The zero-order valence-electron chi connectivity index (χ0n) is 19.6. The fourth-order valence-electron chi connectivity index (χ4n) is 3.58. The molecule has 2 aromatic carbocycles. The lowest BCUT2D eigenvalue weighted by atomic mass is 10.1. The number of ether oxygens (including phenoxy) is 1. The van der Waals surface area contributed by atoms with Crippen LogP contribution in [0.4, 0.5) is 10.1 Å². The summed E-state index contributed by atoms with van der Waals surface area (Å²) in [5.41, 5.74) is 2.11. The molecule has 1 amide bonds. The highest BCUT2D eigenvalue weighted by Gasteiger charge is 2.25. The third kappa shape index (κ3) is 4.77. The molecule has 0 fully saturated rings. The Hall–Kier alpha value is -4.47. The number of aromatic amines is 1. The summed E-state index contributed by atoms with van der Waals surface area (Å²) < 4.78 is 20.6. The Morgan fingerprint density at radius 3 is 2.46 bits per heavy atom. The first-order valence-corrected chi connectivity index (χ1v) is 10.7. The van der Waals surface area contributed by atoms with Gasteiger partial charge < -0.3 is 24.7 Å². The Morgan fingerprint density at radius 2 is 1.83 bits per heavy atom. The maximum atomic E-state index is 13.5. The number of benzene rings is 2. The summed E-state index contributed by atoms with van der Waals surface area (Å²) in [6, 6.07) is 10.1. The van der Waals surface area contributed by atoms with E-state index in [1.165, 1.54) is 43.6 Å². The van der Waals surface area contributed by atoms with Crippen LogP contribution in [-0.4, -0.2) is 43.6 Å². The quantitative estimate of drug-likeness (QED) is 0.367. The number of carboxylic acids is 1. The van der Waals surface area contributed by atoms with Gasteiger partial charge >= 0.3 is 5.97 Å². The van der Waals surface area contributed by atoms with Crippen LogP contribution in [0.3, 0.4) is 0 Å². The molecule has 180 valence electrons. The number of carbonyl (C=O) groups is 2. The summed E-state index contributed by atoms with van der Waals surface area (Å²) in [5.74, 6) is -1.33. The van der Waals surface area contributed by atoms with E-state index in [4.69, 9.17) is 9.84 Å². The predicted molar refractivity (Wildman–Crippen MR) is 128 cm³/mol. The van der Waals surface area contributed by atoms with E-state index in [9.17, 15) is 14.0 Å². The van der Waals surface area contributed by atoms with Gasteiger partial charge in [-0.15, -0.1) is 0 Å². The molecule has 9 nitrogen and oxygen atoms in total. The molecule has 2 heterocycles. The van der Waals surface area contributed by atoms with Gasteiger partial charge in [-0.25, -0.2) is 19.2 Å². The number of nitrogens with one attached hydrogen (secondary N) is 2. The zero-order chi connectivity index (χ0) is 25.3. The fraction of sp³-hybridized carbons (Fsp3) is 0.200. The Labute approximate surface area is 200 Å². The number of anilines is 1. The summed E-state index contributed by atoms with van der Waals surface area (Å²) in [4.78, 5) is 36.1. The number of carboxylic acid groups (broad SMARTS) is 1. The van der Waals surface area contributed by atoms with E-state index < -0.39 is 11.9 Å². The number of methoxy groups -OCH3 is 1. The zero-order valence-corrected chi connectivity index (χ0v) is 19.6. The number of H-pyrrole nitrogens is 1. The van der Waals surface area contributed by atoms with Crippen molar-refractivity contribution in [3.8, 4) is 28.5 Å². The average Bonchev–Trinajstić information content (AvgIpc) is 3.47. The van der Waals surface area contributed by atoms with Crippen molar-refractivity contribution in [1.82, 2.24) is 19.5 Å². The molecule has 0 saturated heterocycles. The number of rotatable bonds is 6. The molecule has 3 N–H and O–H groups in total. The van der Waals surface area contributed by atoms with Gasteiger partial charge in [0, 0.05) is 11.1 Å². The molecular formula is C25H24FN5O4. The summed E-state index contributed by atoms with van der Waals surface area (Å²) in [6.07, 6.45) is 3.09. The number of aromatic carboxylic acids is 1. The van der Waals surface area contributed by atoms with E-state index in [1.807, 2.05) is 25.3 Å². The number of hydrogen-bond acceptors (Lipinski definition) is 5. The minimum absolute atomic E-state index is 0.0347. The minimum atomic E-state index is -1.10. The smallest absolute Gasteiger partial charge is 0.335 e. The number of carbonyl (C=O) groups excluding carboxylic acids is 1. The summed E-state index contributed by atoms with van der Waals surface area (Å²) >= 11 is 0. The van der Waals surface area contributed by atoms with E-state index in [2.05, 4.69) is 20.3 Å². The second-order valence-electron chi connectivity index (χ2n) is 8.81. The highest BCUT2D eigenvalue weighted by Crippen LogP contribution is 2.34. The molecule has 0 unspecified atom stereocenters. The topological polar surface area (TPSA) is 122 Å². The largest absolute Gasteiger partial charge is 0.495 e. The SMILES string of the molecule is COc1cc(C(=O)O)ccc1NC(=O)c1cnc(-c2c(-c3ccc(F)cc3)ncn2C(C)(C)C)[nH]1. The third-order valence-corrected chi connectivity index (χ3v) is 5.35. The average molecular weight is 477 g/mol. The Balaban J connectivity index is 1.69. The van der Waals surface area contributed by atoms with Gasteiger partial charge in [-0.05, 0) is 63.2 Å². The minimum Gasteiger partial charge on any atom is -0.495 e. The number of nitrogens with zero attached hydrogens (tertiary/aromatic N) is 3. The van der Waals surface area contributed by atoms with Crippen LogP contribution in [-0.2, 0) is 5.54 Å². The van der Waals surface area contributed by atoms with Crippen LogP contribution in [0.15, 0.2) is 55.0 Å². The van der Waals surface area contributed by atoms with Crippen LogP contribution in [0, 0.1) is 5.82 Å². The number of imidazole rings is 2. The van der Waals surface area contributed by atoms with Crippen molar-refractivity contribution < 1.29 is 23.8 Å². The molecule has 0 aliphatic rings. The van der Waals surface area contributed by atoms with Gasteiger partial charge in [0.15, 0.2) is 5.82 Å². The van der Waals surface area contributed by atoms with Crippen LogP contribution in [0.5, 0.6) is 5.75 Å². The highest BCUT2D eigenvalue weighted by atomic mass is 19.1. The van der Waals surface area contributed by atoms with E-state index >= 15 is 0 Å².